The molecule has 1 atom stereocenters. The summed E-state index contributed by atoms with van der Waals surface area (Å²) in [6.45, 7) is 5.77. The fourth-order valence-corrected chi connectivity index (χ4v) is 1.14. The Bertz CT molecular complexity index is 365. The highest BCUT2D eigenvalue weighted by Gasteiger charge is 2.08. The molecule has 1 aromatic carbocycles. The minimum atomic E-state index is -0.676. The molecule has 0 aliphatic carbocycles. The number of hydrogen-bond acceptors (Lipinski definition) is 2. The Balaban J connectivity index is 2.45. The molecular formula is C14H18O2. The van der Waals surface area contributed by atoms with Gasteiger partial charge in [-0.15, -0.1) is 0 Å². The van der Waals surface area contributed by atoms with Crippen LogP contribution in [0.4, 0.5) is 0 Å². The maximum atomic E-state index is 9.65. The van der Waals surface area contributed by atoms with Crippen LogP contribution in [-0.4, -0.2) is 16.8 Å². The molecule has 16 heavy (non-hydrogen) atoms. The first-order valence-corrected chi connectivity index (χ1v) is 5.38. The summed E-state index contributed by atoms with van der Waals surface area (Å²) in [5.41, 5.74) is 0.777. The first kappa shape index (κ1) is 12.6. The van der Waals surface area contributed by atoms with Gasteiger partial charge in [0.25, 0.3) is 0 Å². The van der Waals surface area contributed by atoms with E-state index >= 15 is 0 Å². The van der Waals surface area contributed by atoms with Gasteiger partial charge in [0.05, 0.1) is 0 Å². The minimum Gasteiger partial charge on any atom is -0.441 e. The first-order valence-electron chi connectivity index (χ1n) is 5.38. The van der Waals surface area contributed by atoms with E-state index in [0.717, 1.165) is 5.56 Å². The van der Waals surface area contributed by atoms with Gasteiger partial charge in [-0.05, 0) is 32.3 Å². The molecule has 1 N–H and O–H groups in total. The number of hydrogen-bond donors (Lipinski definition) is 1. The van der Waals surface area contributed by atoms with Crippen LogP contribution in [0.2, 0.25) is 0 Å². The van der Waals surface area contributed by atoms with Crippen LogP contribution in [0.15, 0.2) is 30.3 Å². The van der Waals surface area contributed by atoms with Crippen LogP contribution >= 0.6 is 0 Å². The molecule has 0 aromatic heterocycles. The topological polar surface area (TPSA) is 29.5 Å². The highest BCUT2D eigenvalue weighted by molar-refractivity contribution is 5.18. The van der Waals surface area contributed by atoms with Gasteiger partial charge in [0.15, 0.2) is 0 Å². The largest absolute Gasteiger partial charge is 0.441 e. The Morgan fingerprint density at radius 2 is 1.88 bits per heavy atom. The lowest BCUT2D eigenvalue weighted by Crippen LogP contribution is -2.16. The third kappa shape index (κ3) is 5.43. The van der Waals surface area contributed by atoms with Gasteiger partial charge in [0, 0.05) is 6.42 Å². The van der Waals surface area contributed by atoms with Gasteiger partial charge < -0.3 is 9.84 Å². The van der Waals surface area contributed by atoms with E-state index in [0.29, 0.717) is 6.42 Å². The van der Waals surface area contributed by atoms with Gasteiger partial charge in [-0.2, -0.15) is 0 Å². The SMILES string of the molecule is CC(C)(C)OC#CC(O)Cc1ccccc1. The molecule has 0 saturated carbocycles. The summed E-state index contributed by atoms with van der Waals surface area (Å²) >= 11 is 0. The van der Waals surface area contributed by atoms with Crippen molar-refractivity contribution in [1.82, 2.24) is 0 Å². The highest BCUT2D eigenvalue weighted by Crippen LogP contribution is 2.05. The van der Waals surface area contributed by atoms with Crippen LogP contribution in [-0.2, 0) is 11.2 Å². The molecule has 1 aromatic rings. The quantitative estimate of drug-likeness (QED) is 0.772. The van der Waals surface area contributed by atoms with Crippen molar-refractivity contribution in [2.75, 3.05) is 0 Å². The number of aliphatic hydroxyl groups excluding tert-OH is 1. The Morgan fingerprint density at radius 3 is 2.44 bits per heavy atom. The lowest BCUT2D eigenvalue weighted by molar-refractivity contribution is 0.0950. The van der Waals surface area contributed by atoms with Crippen molar-refractivity contribution in [3.8, 4) is 12.0 Å². The highest BCUT2D eigenvalue weighted by atomic mass is 16.5. The second-order valence-corrected chi connectivity index (χ2v) is 4.67. The molecule has 2 heteroatoms. The Labute approximate surface area is 97.3 Å². The molecular weight excluding hydrogens is 200 g/mol. The molecule has 0 saturated heterocycles. The molecule has 0 spiro atoms. The van der Waals surface area contributed by atoms with E-state index in [4.69, 9.17) is 4.74 Å². The van der Waals surface area contributed by atoms with Crippen LogP contribution < -0.4 is 0 Å². The van der Waals surface area contributed by atoms with Crippen molar-refractivity contribution in [2.24, 2.45) is 0 Å². The molecule has 0 aliphatic rings. The van der Waals surface area contributed by atoms with E-state index in [2.05, 4.69) is 12.0 Å². The molecule has 0 radical (unpaired) electrons. The van der Waals surface area contributed by atoms with Crippen molar-refractivity contribution < 1.29 is 9.84 Å². The second kappa shape index (κ2) is 5.58. The van der Waals surface area contributed by atoms with Gasteiger partial charge in [0.1, 0.15) is 17.8 Å². The summed E-state index contributed by atoms with van der Waals surface area (Å²) in [6, 6.07) is 9.78. The summed E-state index contributed by atoms with van der Waals surface area (Å²) in [5, 5.41) is 9.65. The lowest BCUT2D eigenvalue weighted by Gasteiger charge is -2.14. The van der Waals surface area contributed by atoms with Crippen LogP contribution in [0.1, 0.15) is 26.3 Å². The van der Waals surface area contributed by atoms with E-state index in [1.54, 1.807) is 0 Å². The summed E-state index contributed by atoms with van der Waals surface area (Å²) in [5.74, 6) is 2.67. The molecule has 86 valence electrons. The van der Waals surface area contributed by atoms with E-state index < -0.39 is 6.10 Å². The zero-order valence-electron chi connectivity index (χ0n) is 10.0. The molecule has 1 unspecified atom stereocenters. The number of aliphatic hydroxyl groups is 1. The molecule has 1 rings (SSSR count). The van der Waals surface area contributed by atoms with Crippen LogP contribution in [0, 0.1) is 12.0 Å². The lowest BCUT2D eigenvalue weighted by atomic mass is 10.1. The molecule has 0 bridgehead atoms. The van der Waals surface area contributed by atoms with Gasteiger partial charge >= 0.3 is 0 Å². The number of rotatable bonds is 2. The maximum absolute atomic E-state index is 9.65. The van der Waals surface area contributed by atoms with Gasteiger partial charge in [-0.3, -0.25) is 0 Å². The number of benzene rings is 1. The molecule has 2 nitrogen and oxygen atoms in total. The zero-order valence-corrected chi connectivity index (χ0v) is 10.0. The molecule has 0 heterocycles. The Morgan fingerprint density at radius 1 is 1.25 bits per heavy atom. The van der Waals surface area contributed by atoms with Crippen LogP contribution in [0.5, 0.6) is 0 Å². The fraction of sp³-hybridized carbons (Fsp3) is 0.429. The summed E-state index contributed by atoms with van der Waals surface area (Å²) in [4.78, 5) is 0. The smallest absolute Gasteiger partial charge is 0.122 e. The fourth-order valence-electron chi connectivity index (χ4n) is 1.14. The Hall–Kier alpha value is -1.46. The summed E-state index contributed by atoms with van der Waals surface area (Å²) in [6.07, 6.45) is 2.40. The first-order chi connectivity index (χ1) is 7.47. The average Bonchev–Trinajstić information content (AvgIpc) is 2.17. The van der Waals surface area contributed by atoms with Gasteiger partial charge in [-0.1, -0.05) is 30.3 Å². The Kier molecular flexibility index (Phi) is 4.39. The van der Waals surface area contributed by atoms with Gasteiger partial charge in [0.2, 0.25) is 0 Å². The van der Waals surface area contributed by atoms with E-state index in [-0.39, 0.29) is 5.60 Å². The maximum Gasteiger partial charge on any atom is 0.122 e. The van der Waals surface area contributed by atoms with Crippen molar-refractivity contribution >= 4 is 0 Å². The molecule has 0 amide bonds. The van der Waals surface area contributed by atoms with E-state index in [1.165, 1.54) is 0 Å². The third-order valence-electron chi connectivity index (χ3n) is 1.85. The average molecular weight is 218 g/mol. The number of ether oxygens (including phenoxy) is 1. The van der Waals surface area contributed by atoms with Crippen LogP contribution in [0.25, 0.3) is 0 Å². The molecule has 0 aliphatic heterocycles. The monoisotopic (exact) mass is 218 g/mol. The normalized spacial score (nSPS) is 12.5. The van der Waals surface area contributed by atoms with E-state index in [9.17, 15) is 5.11 Å². The predicted octanol–water partition coefficient (Wildman–Crippen LogP) is 2.37. The summed E-state index contributed by atoms with van der Waals surface area (Å²) in [7, 11) is 0. The predicted molar refractivity (Wildman–Crippen MR) is 64.8 cm³/mol. The second-order valence-electron chi connectivity index (χ2n) is 4.67. The van der Waals surface area contributed by atoms with Crippen LogP contribution in [0.3, 0.4) is 0 Å². The minimum absolute atomic E-state index is 0.292. The van der Waals surface area contributed by atoms with Crippen molar-refractivity contribution in [1.29, 1.82) is 0 Å². The van der Waals surface area contributed by atoms with Crippen molar-refractivity contribution in [3.05, 3.63) is 35.9 Å². The zero-order chi connectivity index (χ0) is 12.0. The summed E-state index contributed by atoms with van der Waals surface area (Å²) < 4.78 is 5.22. The van der Waals surface area contributed by atoms with E-state index in [1.807, 2.05) is 51.1 Å². The van der Waals surface area contributed by atoms with Gasteiger partial charge in [-0.25, -0.2) is 0 Å². The van der Waals surface area contributed by atoms with Crippen molar-refractivity contribution in [2.45, 2.75) is 38.9 Å². The van der Waals surface area contributed by atoms with Crippen molar-refractivity contribution in [3.63, 3.8) is 0 Å². The third-order valence-corrected chi connectivity index (χ3v) is 1.85. The molecule has 0 fully saturated rings. The standard InChI is InChI=1S/C14H18O2/c1-14(2,3)16-10-9-13(15)11-12-7-5-4-6-8-12/h4-8,13,15H,11H2,1-3H3.